The van der Waals surface area contributed by atoms with Gasteiger partial charge in [-0.1, -0.05) is 18.2 Å². The van der Waals surface area contributed by atoms with E-state index in [1.807, 2.05) is 42.1 Å². The molecule has 3 rings (SSSR count). The molecule has 1 aliphatic rings. The molecule has 0 amide bonds. The van der Waals surface area contributed by atoms with Crippen LogP contribution >= 0.6 is 0 Å². The molecule has 1 fully saturated rings. The van der Waals surface area contributed by atoms with Crippen molar-refractivity contribution < 1.29 is 9.84 Å². The Labute approximate surface area is 143 Å². The van der Waals surface area contributed by atoms with Crippen molar-refractivity contribution in [3.05, 3.63) is 47.3 Å². The summed E-state index contributed by atoms with van der Waals surface area (Å²) in [6.45, 7) is 6.17. The van der Waals surface area contributed by atoms with Crippen LogP contribution in [0.25, 0.3) is 0 Å². The second kappa shape index (κ2) is 7.36. The number of likely N-dealkylation sites (tertiary alicyclic amines) is 1. The Hall–Kier alpha value is -1.85. The Bertz CT molecular complexity index is 669. The van der Waals surface area contributed by atoms with Crippen molar-refractivity contribution in [1.29, 1.82) is 0 Å². The summed E-state index contributed by atoms with van der Waals surface area (Å²) in [7, 11) is 1.99. The van der Waals surface area contributed by atoms with Gasteiger partial charge in [0.05, 0.1) is 5.69 Å². The van der Waals surface area contributed by atoms with E-state index in [9.17, 15) is 5.11 Å². The summed E-state index contributed by atoms with van der Waals surface area (Å²) < 4.78 is 7.63. The van der Waals surface area contributed by atoms with Crippen molar-refractivity contribution in [2.24, 2.45) is 7.05 Å². The fourth-order valence-electron chi connectivity index (χ4n) is 3.68. The molecular weight excluding hydrogens is 302 g/mol. The van der Waals surface area contributed by atoms with E-state index in [4.69, 9.17) is 4.74 Å². The van der Waals surface area contributed by atoms with Gasteiger partial charge in [0.25, 0.3) is 0 Å². The average Bonchev–Trinajstić information content (AvgIpc) is 3.11. The lowest BCUT2D eigenvalue weighted by atomic mass is 10.0. The van der Waals surface area contributed by atoms with Crippen LogP contribution in [-0.4, -0.2) is 45.6 Å². The molecule has 24 heavy (non-hydrogen) atoms. The number of para-hydroxylation sites is 1. The highest BCUT2D eigenvalue weighted by molar-refractivity contribution is 5.29. The van der Waals surface area contributed by atoms with Crippen molar-refractivity contribution in [2.75, 3.05) is 19.7 Å². The van der Waals surface area contributed by atoms with Gasteiger partial charge in [0, 0.05) is 30.9 Å². The summed E-state index contributed by atoms with van der Waals surface area (Å²) in [5, 5.41) is 14.9. The van der Waals surface area contributed by atoms with Crippen LogP contribution in [0.4, 0.5) is 0 Å². The minimum atomic E-state index is -0.497. The molecular formula is C19H27N3O2. The fraction of sp³-hybridized carbons (Fsp3) is 0.526. The molecule has 1 saturated heterocycles. The van der Waals surface area contributed by atoms with E-state index < -0.39 is 6.10 Å². The molecule has 5 heteroatoms. The molecule has 0 radical (unpaired) electrons. The number of nitrogens with zero attached hydrogens (tertiary/aromatic N) is 3. The second-order valence-corrected chi connectivity index (χ2v) is 6.64. The van der Waals surface area contributed by atoms with Gasteiger partial charge in [-0.2, -0.15) is 5.10 Å². The molecule has 1 aliphatic heterocycles. The van der Waals surface area contributed by atoms with Crippen LogP contribution in [0.2, 0.25) is 0 Å². The quantitative estimate of drug-likeness (QED) is 0.885. The summed E-state index contributed by atoms with van der Waals surface area (Å²) in [6.07, 6.45) is 1.78. The minimum Gasteiger partial charge on any atom is -0.491 e. The Morgan fingerprint density at radius 3 is 2.71 bits per heavy atom. The number of rotatable bonds is 6. The van der Waals surface area contributed by atoms with Gasteiger partial charge < -0.3 is 9.84 Å². The second-order valence-electron chi connectivity index (χ2n) is 6.64. The van der Waals surface area contributed by atoms with Gasteiger partial charge in [-0.15, -0.1) is 0 Å². The molecule has 2 aromatic rings. The highest BCUT2D eigenvalue weighted by Crippen LogP contribution is 2.35. The minimum absolute atomic E-state index is 0.318. The highest BCUT2D eigenvalue weighted by atomic mass is 16.5. The van der Waals surface area contributed by atoms with Crippen molar-refractivity contribution in [3.63, 3.8) is 0 Å². The summed E-state index contributed by atoms with van der Waals surface area (Å²) in [4.78, 5) is 2.37. The number of aromatic nitrogens is 2. The normalized spacial score (nSPS) is 19.6. The van der Waals surface area contributed by atoms with E-state index in [0.29, 0.717) is 19.2 Å². The molecule has 0 aliphatic carbocycles. The van der Waals surface area contributed by atoms with Crippen LogP contribution < -0.4 is 4.74 Å². The van der Waals surface area contributed by atoms with Crippen molar-refractivity contribution in [2.45, 2.75) is 38.8 Å². The van der Waals surface area contributed by atoms with E-state index in [1.165, 1.54) is 11.3 Å². The zero-order valence-electron chi connectivity index (χ0n) is 14.8. The smallest absolute Gasteiger partial charge is 0.119 e. The third-order valence-corrected chi connectivity index (χ3v) is 4.89. The molecule has 0 saturated carbocycles. The first-order valence-corrected chi connectivity index (χ1v) is 8.66. The van der Waals surface area contributed by atoms with E-state index >= 15 is 0 Å². The lowest BCUT2D eigenvalue weighted by molar-refractivity contribution is 0.0637. The highest BCUT2D eigenvalue weighted by Gasteiger charge is 2.31. The number of aliphatic hydroxyl groups is 1. The summed E-state index contributed by atoms with van der Waals surface area (Å²) in [5.41, 5.74) is 3.65. The van der Waals surface area contributed by atoms with Gasteiger partial charge >= 0.3 is 0 Å². The van der Waals surface area contributed by atoms with E-state index in [-0.39, 0.29) is 0 Å². The van der Waals surface area contributed by atoms with Crippen LogP contribution in [0, 0.1) is 13.8 Å². The van der Waals surface area contributed by atoms with Crippen LogP contribution in [-0.2, 0) is 7.05 Å². The largest absolute Gasteiger partial charge is 0.491 e. The predicted octanol–water partition coefficient (Wildman–Crippen LogP) is 2.61. The van der Waals surface area contributed by atoms with Gasteiger partial charge in [-0.05, 0) is 45.4 Å². The molecule has 0 spiro atoms. The Kier molecular flexibility index (Phi) is 5.21. The number of β-amino-alcohol motifs (C(OH)–C–C–N with tert-alkyl or cyclic N) is 1. The number of ether oxygens (including phenoxy) is 1. The summed E-state index contributed by atoms with van der Waals surface area (Å²) in [6, 6.07) is 10.0. The summed E-state index contributed by atoms with van der Waals surface area (Å²) >= 11 is 0. The first-order valence-electron chi connectivity index (χ1n) is 8.66. The molecule has 1 aromatic heterocycles. The number of hydrogen-bond acceptors (Lipinski definition) is 4. The molecule has 130 valence electrons. The van der Waals surface area contributed by atoms with Gasteiger partial charge in [0.2, 0.25) is 0 Å². The third kappa shape index (κ3) is 3.62. The van der Waals surface area contributed by atoms with Crippen LogP contribution in [0.15, 0.2) is 30.3 Å². The molecule has 5 nitrogen and oxygen atoms in total. The van der Waals surface area contributed by atoms with Crippen molar-refractivity contribution in [1.82, 2.24) is 14.7 Å². The first kappa shape index (κ1) is 17.0. The maximum Gasteiger partial charge on any atom is 0.119 e. The molecule has 1 N–H and O–H groups in total. The maximum absolute atomic E-state index is 10.4. The van der Waals surface area contributed by atoms with Crippen LogP contribution in [0.5, 0.6) is 5.75 Å². The lowest BCUT2D eigenvalue weighted by Crippen LogP contribution is -2.35. The van der Waals surface area contributed by atoms with Gasteiger partial charge in [0.15, 0.2) is 0 Å². The fourth-order valence-corrected chi connectivity index (χ4v) is 3.68. The number of aryl methyl sites for hydroxylation is 2. The average molecular weight is 329 g/mol. The maximum atomic E-state index is 10.4. The SMILES string of the molecule is Cc1nn(C)c(C)c1[C@@H]1CCCN1C[C@H](O)COc1ccccc1. The Morgan fingerprint density at radius 1 is 1.29 bits per heavy atom. The lowest BCUT2D eigenvalue weighted by Gasteiger charge is -2.27. The topological polar surface area (TPSA) is 50.5 Å². The molecule has 2 atom stereocenters. The Morgan fingerprint density at radius 2 is 2.04 bits per heavy atom. The third-order valence-electron chi connectivity index (χ3n) is 4.89. The first-order chi connectivity index (χ1) is 11.6. The van der Waals surface area contributed by atoms with Crippen molar-refractivity contribution >= 4 is 0 Å². The molecule has 2 heterocycles. The predicted molar refractivity (Wildman–Crippen MR) is 94.2 cm³/mol. The van der Waals surface area contributed by atoms with E-state index in [0.717, 1.165) is 30.8 Å². The monoisotopic (exact) mass is 329 g/mol. The van der Waals surface area contributed by atoms with E-state index in [2.05, 4.69) is 23.8 Å². The van der Waals surface area contributed by atoms with Gasteiger partial charge in [-0.25, -0.2) is 0 Å². The number of benzene rings is 1. The molecule has 0 unspecified atom stereocenters. The van der Waals surface area contributed by atoms with Crippen LogP contribution in [0.3, 0.4) is 0 Å². The van der Waals surface area contributed by atoms with Gasteiger partial charge in [-0.3, -0.25) is 9.58 Å². The zero-order chi connectivity index (χ0) is 17.1. The van der Waals surface area contributed by atoms with Crippen LogP contribution in [0.1, 0.15) is 35.8 Å². The zero-order valence-corrected chi connectivity index (χ0v) is 14.8. The van der Waals surface area contributed by atoms with Gasteiger partial charge in [0.1, 0.15) is 18.5 Å². The molecule has 0 bridgehead atoms. The van der Waals surface area contributed by atoms with Crippen molar-refractivity contribution in [3.8, 4) is 5.75 Å². The number of hydrogen-bond donors (Lipinski definition) is 1. The summed E-state index contributed by atoms with van der Waals surface area (Å²) in [5.74, 6) is 0.800. The van der Waals surface area contributed by atoms with E-state index in [1.54, 1.807) is 0 Å². The number of aliphatic hydroxyl groups excluding tert-OH is 1. The Balaban J connectivity index is 1.61. The standard InChI is InChI=1S/C19H27N3O2/c1-14-19(15(2)21(3)20-14)18-10-7-11-22(18)12-16(23)13-24-17-8-5-4-6-9-17/h4-6,8-9,16,18,23H,7,10-13H2,1-3H3/t16-,18-/m0/s1. The molecule has 1 aromatic carbocycles.